The Morgan fingerprint density at radius 3 is 2.63 bits per heavy atom. The predicted octanol–water partition coefficient (Wildman–Crippen LogP) is 2.49. The Hall–Kier alpha value is -1.99. The van der Waals surface area contributed by atoms with E-state index in [1.807, 2.05) is 6.07 Å². The molecule has 2 aromatic rings. The minimum atomic E-state index is -3.16. The van der Waals surface area contributed by atoms with Gasteiger partial charge in [0, 0.05) is 43.4 Å². The molecule has 0 aliphatic carbocycles. The van der Waals surface area contributed by atoms with Crippen molar-refractivity contribution in [2.45, 2.75) is 38.6 Å². The zero-order chi connectivity index (χ0) is 19.0. The number of anilines is 1. The van der Waals surface area contributed by atoms with E-state index in [2.05, 4.69) is 36.1 Å². The van der Waals surface area contributed by atoms with Crippen molar-refractivity contribution in [2.24, 2.45) is 0 Å². The van der Waals surface area contributed by atoms with Crippen molar-refractivity contribution in [1.82, 2.24) is 14.3 Å². The minimum absolute atomic E-state index is 0.0734. The molecule has 1 aromatic heterocycles. The van der Waals surface area contributed by atoms with Gasteiger partial charge in [-0.25, -0.2) is 22.7 Å². The molecular formula is C20H26N4O2S. The van der Waals surface area contributed by atoms with Crippen LogP contribution in [0.5, 0.6) is 0 Å². The van der Waals surface area contributed by atoms with E-state index in [1.165, 1.54) is 21.7 Å². The van der Waals surface area contributed by atoms with Crippen LogP contribution in [-0.4, -0.2) is 48.6 Å². The summed E-state index contributed by atoms with van der Waals surface area (Å²) in [5.41, 5.74) is 3.54. The third kappa shape index (κ3) is 3.84. The molecule has 0 bridgehead atoms. The molecule has 27 heavy (non-hydrogen) atoms. The maximum atomic E-state index is 11.8. The van der Waals surface area contributed by atoms with Gasteiger partial charge in [-0.3, -0.25) is 0 Å². The summed E-state index contributed by atoms with van der Waals surface area (Å²) in [6.45, 7) is 4.91. The van der Waals surface area contributed by atoms with Crippen LogP contribution in [0.15, 0.2) is 30.3 Å². The number of rotatable bonds is 4. The van der Waals surface area contributed by atoms with Crippen LogP contribution >= 0.6 is 0 Å². The van der Waals surface area contributed by atoms with Crippen molar-refractivity contribution in [3.8, 4) is 0 Å². The molecule has 1 fully saturated rings. The van der Waals surface area contributed by atoms with Crippen molar-refractivity contribution >= 4 is 15.8 Å². The number of hydrogen-bond donors (Lipinski definition) is 0. The third-order valence-corrected chi connectivity index (χ3v) is 6.83. The van der Waals surface area contributed by atoms with Crippen LogP contribution in [0.4, 0.5) is 5.82 Å². The fourth-order valence-corrected chi connectivity index (χ4v) is 4.98. The predicted molar refractivity (Wildman–Crippen MR) is 106 cm³/mol. The molecule has 0 saturated carbocycles. The second kappa shape index (κ2) is 7.20. The number of sulfonamides is 1. The van der Waals surface area contributed by atoms with E-state index in [-0.39, 0.29) is 5.92 Å². The van der Waals surface area contributed by atoms with Gasteiger partial charge in [-0.15, -0.1) is 0 Å². The summed E-state index contributed by atoms with van der Waals surface area (Å²) in [5, 5.41) is 0. The van der Waals surface area contributed by atoms with E-state index in [0.717, 1.165) is 49.7 Å². The van der Waals surface area contributed by atoms with E-state index in [9.17, 15) is 8.42 Å². The van der Waals surface area contributed by atoms with Crippen LogP contribution in [-0.2, 0) is 23.0 Å². The van der Waals surface area contributed by atoms with Gasteiger partial charge < -0.3 is 4.90 Å². The number of hydrogen-bond acceptors (Lipinski definition) is 5. The summed E-state index contributed by atoms with van der Waals surface area (Å²) in [7, 11) is -3.16. The molecule has 144 valence electrons. The standard InChI is InChI=1S/C20H26N4O2S/c1-15-18-9-6-11-23(13-16-7-4-3-5-8-16)20(18)22-19(21-15)17-10-12-24(14-17)27(2,25)26/h3-5,7-8,17H,6,9-14H2,1-2H3. The lowest BCUT2D eigenvalue weighted by atomic mass is 10.0. The van der Waals surface area contributed by atoms with Crippen molar-refractivity contribution in [2.75, 3.05) is 30.8 Å². The zero-order valence-corrected chi connectivity index (χ0v) is 16.7. The summed E-state index contributed by atoms with van der Waals surface area (Å²) in [5.74, 6) is 1.90. The first kappa shape index (κ1) is 18.4. The molecule has 2 aliphatic rings. The SMILES string of the molecule is Cc1nc(C2CCN(S(C)(=O)=O)C2)nc2c1CCCN2Cc1ccccc1. The molecule has 1 aromatic carbocycles. The number of aromatic nitrogens is 2. The van der Waals surface area contributed by atoms with Gasteiger partial charge >= 0.3 is 0 Å². The molecule has 2 aliphatic heterocycles. The number of fused-ring (bicyclic) bond motifs is 1. The largest absolute Gasteiger partial charge is 0.352 e. The Bertz CT molecular complexity index is 930. The summed E-state index contributed by atoms with van der Waals surface area (Å²) < 4.78 is 25.2. The van der Waals surface area contributed by atoms with Crippen molar-refractivity contribution < 1.29 is 8.42 Å². The maximum absolute atomic E-state index is 11.8. The fourth-order valence-electron chi connectivity index (χ4n) is 4.09. The molecule has 3 heterocycles. The summed E-state index contributed by atoms with van der Waals surface area (Å²) in [6, 6.07) is 10.4. The third-order valence-electron chi connectivity index (χ3n) is 5.57. The highest BCUT2D eigenvalue weighted by molar-refractivity contribution is 7.88. The van der Waals surface area contributed by atoms with Crippen LogP contribution < -0.4 is 4.90 Å². The molecule has 0 spiro atoms. The highest BCUT2D eigenvalue weighted by Gasteiger charge is 2.32. The molecule has 4 rings (SSSR count). The molecule has 6 nitrogen and oxygen atoms in total. The molecule has 0 radical (unpaired) electrons. The number of nitrogens with zero attached hydrogens (tertiary/aromatic N) is 4. The van der Waals surface area contributed by atoms with E-state index in [4.69, 9.17) is 9.97 Å². The normalized spacial score (nSPS) is 20.7. The van der Waals surface area contributed by atoms with Gasteiger partial charge in [-0.05, 0) is 31.7 Å². The minimum Gasteiger partial charge on any atom is -0.352 e. The second-order valence-corrected chi connectivity index (χ2v) is 9.57. The Kier molecular flexibility index (Phi) is 4.90. The van der Waals surface area contributed by atoms with Gasteiger partial charge in [0.05, 0.1) is 6.26 Å². The first-order valence-corrected chi connectivity index (χ1v) is 11.4. The van der Waals surface area contributed by atoms with Gasteiger partial charge in [0.25, 0.3) is 0 Å². The Morgan fingerprint density at radius 1 is 1.15 bits per heavy atom. The van der Waals surface area contributed by atoms with E-state index >= 15 is 0 Å². The van der Waals surface area contributed by atoms with E-state index < -0.39 is 10.0 Å². The molecule has 7 heteroatoms. The topological polar surface area (TPSA) is 66.4 Å². The smallest absolute Gasteiger partial charge is 0.211 e. The van der Waals surface area contributed by atoms with Gasteiger partial charge in [0.1, 0.15) is 11.6 Å². The first-order chi connectivity index (χ1) is 12.9. The Labute approximate surface area is 161 Å². The van der Waals surface area contributed by atoms with Crippen LogP contribution in [0.3, 0.4) is 0 Å². The monoisotopic (exact) mass is 386 g/mol. The fraction of sp³-hybridized carbons (Fsp3) is 0.500. The van der Waals surface area contributed by atoms with Crippen LogP contribution in [0.25, 0.3) is 0 Å². The first-order valence-electron chi connectivity index (χ1n) is 9.53. The highest BCUT2D eigenvalue weighted by atomic mass is 32.2. The molecular weight excluding hydrogens is 360 g/mol. The summed E-state index contributed by atoms with van der Waals surface area (Å²) in [4.78, 5) is 12.1. The van der Waals surface area contributed by atoms with Crippen LogP contribution in [0.1, 0.15) is 41.4 Å². The van der Waals surface area contributed by atoms with Gasteiger partial charge in [-0.2, -0.15) is 0 Å². The molecule has 1 unspecified atom stereocenters. The maximum Gasteiger partial charge on any atom is 0.211 e. The van der Waals surface area contributed by atoms with Crippen molar-refractivity contribution in [1.29, 1.82) is 0 Å². The average molecular weight is 387 g/mol. The van der Waals surface area contributed by atoms with Crippen molar-refractivity contribution in [3.05, 3.63) is 53.0 Å². The highest BCUT2D eigenvalue weighted by Crippen LogP contribution is 2.33. The van der Waals surface area contributed by atoms with Crippen LogP contribution in [0, 0.1) is 6.92 Å². The zero-order valence-electron chi connectivity index (χ0n) is 15.9. The molecule has 0 N–H and O–H groups in total. The summed E-state index contributed by atoms with van der Waals surface area (Å²) >= 11 is 0. The van der Waals surface area contributed by atoms with Gasteiger partial charge in [0.15, 0.2) is 0 Å². The molecule has 1 saturated heterocycles. The second-order valence-electron chi connectivity index (χ2n) is 7.59. The average Bonchev–Trinajstić information content (AvgIpc) is 3.14. The van der Waals surface area contributed by atoms with Gasteiger partial charge in [-0.1, -0.05) is 30.3 Å². The summed E-state index contributed by atoms with van der Waals surface area (Å²) in [6.07, 6.45) is 4.17. The quantitative estimate of drug-likeness (QED) is 0.808. The van der Waals surface area contributed by atoms with Crippen LogP contribution in [0.2, 0.25) is 0 Å². The number of aryl methyl sites for hydroxylation is 1. The molecule has 1 atom stereocenters. The lowest BCUT2D eigenvalue weighted by Crippen LogP contribution is -2.31. The van der Waals surface area contributed by atoms with E-state index in [0.29, 0.717) is 13.1 Å². The molecule has 0 amide bonds. The Morgan fingerprint density at radius 2 is 1.93 bits per heavy atom. The Balaban J connectivity index is 1.63. The number of benzene rings is 1. The lowest BCUT2D eigenvalue weighted by Gasteiger charge is -2.31. The van der Waals surface area contributed by atoms with E-state index in [1.54, 1.807) is 0 Å². The lowest BCUT2D eigenvalue weighted by molar-refractivity contribution is 0.476. The van der Waals surface area contributed by atoms with Crippen molar-refractivity contribution in [3.63, 3.8) is 0 Å². The van der Waals surface area contributed by atoms with Gasteiger partial charge in [0.2, 0.25) is 10.0 Å².